The smallest absolute Gasteiger partial charge is 0.353 e. The summed E-state index contributed by atoms with van der Waals surface area (Å²) in [6.07, 6.45) is -3.10. The fraction of sp³-hybridized carbons (Fsp3) is 0.400. The Morgan fingerprint density at radius 3 is 2.46 bits per heavy atom. The molecule has 0 aliphatic carbocycles. The van der Waals surface area contributed by atoms with E-state index in [1.54, 1.807) is 11.0 Å². The minimum Gasteiger partial charge on any atom is -0.353 e. The molecule has 0 saturated carbocycles. The fourth-order valence-corrected chi connectivity index (χ4v) is 4.85. The van der Waals surface area contributed by atoms with Crippen molar-refractivity contribution in [2.24, 2.45) is 0 Å². The Labute approximate surface area is 217 Å². The predicted octanol–water partition coefficient (Wildman–Crippen LogP) is 4.47. The third-order valence-electron chi connectivity index (χ3n) is 6.67. The van der Waals surface area contributed by atoms with Crippen molar-refractivity contribution in [1.82, 2.24) is 20.3 Å². The molecule has 196 valence electrons. The first-order valence-corrected chi connectivity index (χ1v) is 12.4. The molecule has 12 heteroatoms. The molecule has 37 heavy (non-hydrogen) atoms. The molecule has 2 aliphatic rings. The van der Waals surface area contributed by atoms with Gasteiger partial charge in [0.1, 0.15) is 17.5 Å². The Balaban J connectivity index is 1.44. The minimum atomic E-state index is -4.48. The SMILES string of the molecule is CC1CNCCN1c1nc(-c2ccc(F)c(Cl)c2)cc(N2CCN(c3ncccc3C(F)(F)F)CC2)n1. The van der Waals surface area contributed by atoms with Crippen molar-refractivity contribution in [1.29, 1.82) is 0 Å². The summed E-state index contributed by atoms with van der Waals surface area (Å²) in [4.78, 5) is 19.4. The van der Waals surface area contributed by atoms with Crippen LogP contribution in [-0.4, -0.2) is 66.8 Å². The van der Waals surface area contributed by atoms with Crippen LogP contribution in [0.5, 0.6) is 0 Å². The molecule has 1 aromatic carbocycles. The lowest BCUT2D eigenvalue weighted by Crippen LogP contribution is -2.51. The summed E-state index contributed by atoms with van der Waals surface area (Å²) < 4.78 is 54.4. The lowest BCUT2D eigenvalue weighted by molar-refractivity contribution is -0.137. The second-order valence-corrected chi connectivity index (χ2v) is 9.54. The van der Waals surface area contributed by atoms with E-state index in [0.717, 1.165) is 25.7 Å². The maximum Gasteiger partial charge on any atom is 0.419 e. The van der Waals surface area contributed by atoms with E-state index in [0.29, 0.717) is 49.2 Å². The summed E-state index contributed by atoms with van der Waals surface area (Å²) >= 11 is 6.04. The number of rotatable bonds is 4. The number of pyridine rings is 1. The van der Waals surface area contributed by atoms with Crippen LogP contribution in [0, 0.1) is 5.82 Å². The summed E-state index contributed by atoms with van der Waals surface area (Å²) in [5.74, 6) is 0.630. The van der Waals surface area contributed by atoms with Gasteiger partial charge in [0.05, 0.1) is 16.3 Å². The van der Waals surface area contributed by atoms with Crippen molar-refractivity contribution in [3.63, 3.8) is 0 Å². The van der Waals surface area contributed by atoms with E-state index in [1.807, 2.05) is 11.0 Å². The van der Waals surface area contributed by atoms with Crippen LogP contribution >= 0.6 is 11.6 Å². The number of nitrogens with one attached hydrogen (secondary N) is 1. The van der Waals surface area contributed by atoms with Gasteiger partial charge in [0.25, 0.3) is 0 Å². The molecule has 0 amide bonds. The molecule has 5 rings (SSSR count). The molecule has 0 radical (unpaired) electrons. The number of hydrogen-bond acceptors (Lipinski definition) is 7. The molecule has 4 heterocycles. The summed E-state index contributed by atoms with van der Waals surface area (Å²) in [6.45, 7) is 5.98. The van der Waals surface area contributed by atoms with E-state index in [-0.39, 0.29) is 16.9 Å². The van der Waals surface area contributed by atoms with Gasteiger partial charge in [-0.1, -0.05) is 11.6 Å². The van der Waals surface area contributed by atoms with Crippen molar-refractivity contribution < 1.29 is 17.6 Å². The molecule has 1 atom stereocenters. The first-order valence-electron chi connectivity index (χ1n) is 12.0. The molecule has 0 bridgehead atoms. The normalized spacial score (nSPS) is 18.9. The van der Waals surface area contributed by atoms with Crippen molar-refractivity contribution in [3.05, 3.63) is 59.0 Å². The topological polar surface area (TPSA) is 60.4 Å². The predicted molar refractivity (Wildman–Crippen MR) is 136 cm³/mol. The summed E-state index contributed by atoms with van der Waals surface area (Å²) in [6, 6.07) is 8.79. The van der Waals surface area contributed by atoms with Gasteiger partial charge in [-0.2, -0.15) is 18.2 Å². The van der Waals surface area contributed by atoms with Gasteiger partial charge in [0.2, 0.25) is 5.95 Å². The van der Waals surface area contributed by atoms with Gasteiger partial charge in [-0.05, 0) is 37.3 Å². The Bertz CT molecular complexity index is 1260. The van der Waals surface area contributed by atoms with Crippen molar-refractivity contribution in [3.8, 4) is 11.3 Å². The number of piperazine rings is 2. The summed E-state index contributed by atoms with van der Waals surface area (Å²) in [5.41, 5.74) is 0.510. The first kappa shape index (κ1) is 25.5. The molecule has 3 aromatic rings. The summed E-state index contributed by atoms with van der Waals surface area (Å²) in [7, 11) is 0. The number of anilines is 3. The molecule has 1 unspecified atom stereocenters. The van der Waals surface area contributed by atoms with E-state index in [9.17, 15) is 17.6 Å². The van der Waals surface area contributed by atoms with Crippen LogP contribution in [0.2, 0.25) is 5.02 Å². The van der Waals surface area contributed by atoms with Crippen molar-refractivity contribution >= 4 is 29.2 Å². The molecule has 2 aromatic heterocycles. The number of hydrogen-bond donors (Lipinski definition) is 1. The Hall–Kier alpha value is -3.18. The quantitative estimate of drug-likeness (QED) is 0.495. The number of aromatic nitrogens is 3. The third kappa shape index (κ3) is 5.42. The van der Waals surface area contributed by atoms with E-state index < -0.39 is 17.6 Å². The van der Waals surface area contributed by atoms with Crippen molar-refractivity contribution in [2.75, 3.05) is 60.5 Å². The van der Waals surface area contributed by atoms with Crippen LogP contribution in [0.4, 0.5) is 35.1 Å². The molecule has 0 spiro atoms. The minimum absolute atomic E-state index is 0.000743. The highest BCUT2D eigenvalue weighted by molar-refractivity contribution is 6.31. The van der Waals surface area contributed by atoms with Crippen LogP contribution in [0.1, 0.15) is 12.5 Å². The molecular formula is C25H26ClF4N7. The van der Waals surface area contributed by atoms with Gasteiger partial charge in [0.15, 0.2) is 0 Å². The van der Waals surface area contributed by atoms with E-state index in [4.69, 9.17) is 21.6 Å². The van der Waals surface area contributed by atoms with Gasteiger partial charge in [0, 0.05) is 69.7 Å². The maximum absolute atomic E-state index is 13.8. The van der Waals surface area contributed by atoms with Gasteiger partial charge >= 0.3 is 6.18 Å². The monoisotopic (exact) mass is 535 g/mol. The number of alkyl halides is 3. The molecule has 2 fully saturated rings. The van der Waals surface area contributed by atoms with Gasteiger partial charge in [-0.25, -0.2) is 14.4 Å². The fourth-order valence-electron chi connectivity index (χ4n) is 4.67. The van der Waals surface area contributed by atoms with E-state index >= 15 is 0 Å². The zero-order valence-electron chi connectivity index (χ0n) is 20.1. The van der Waals surface area contributed by atoms with Crippen LogP contribution in [-0.2, 0) is 6.18 Å². The van der Waals surface area contributed by atoms with Crippen LogP contribution in [0.25, 0.3) is 11.3 Å². The van der Waals surface area contributed by atoms with Gasteiger partial charge in [-0.3, -0.25) is 0 Å². The highest BCUT2D eigenvalue weighted by Crippen LogP contribution is 2.36. The lowest BCUT2D eigenvalue weighted by atomic mass is 10.1. The van der Waals surface area contributed by atoms with Crippen LogP contribution < -0.4 is 20.0 Å². The van der Waals surface area contributed by atoms with Crippen LogP contribution in [0.15, 0.2) is 42.6 Å². The molecular weight excluding hydrogens is 510 g/mol. The highest BCUT2D eigenvalue weighted by atomic mass is 35.5. The highest BCUT2D eigenvalue weighted by Gasteiger charge is 2.36. The molecule has 1 N–H and O–H groups in total. The summed E-state index contributed by atoms with van der Waals surface area (Å²) in [5, 5.41) is 3.35. The number of nitrogens with zero attached hydrogens (tertiary/aromatic N) is 6. The number of benzene rings is 1. The molecule has 2 saturated heterocycles. The van der Waals surface area contributed by atoms with E-state index in [2.05, 4.69) is 22.1 Å². The zero-order valence-corrected chi connectivity index (χ0v) is 20.9. The molecule has 7 nitrogen and oxygen atoms in total. The zero-order chi connectivity index (χ0) is 26.2. The van der Waals surface area contributed by atoms with Gasteiger partial charge in [-0.15, -0.1) is 0 Å². The average Bonchev–Trinajstić information content (AvgIpc) is 2.90. The lowest BCUT2D eigenvalue weighted by Gasteiger charge is -2.38. The van der Waals surface area contributed by atoms with Crippen LogP contribution in [0.3, 0.4) is 0 Å². The Morgan fingerprint density at radius 2 is 1.76 bits per heavy atom. The Kier molecular flexibility index (Phi) is 7.09. The Morgan fingerprint density at radius 1 is 1.00 bits per heavy atom. The number of halogens is 5. The maximum atomic E-state index is 13.8. The van der Waals surface area contributed by atoms with Crippen molar-refractivity contribution in [2.45, 2.75) is 19.1 Å². The molecule has 2 aliphatic heterocycles. The third-order valence-corrected chi connectivity index (χ3v) is 6.96. The van der Waals surface area contributed by atoms with E-state index in [1.165, 1.54) is 24.4 Å². The second-order valence-electron chi connectivity index (χ2n) is 9.13. The largest absolute Gasteiger partial charge is 0.419 e. The average molecular weight is 536 g/mol. The second kappa shape index (κ2) is 10.3. The first-order chi connectivity index (χ1) is 17.7. The standard InChI is InChI=1S/C25H26ClF4N7/c1-16-15-31-7-8-37(16)24-33-21(17-4-5-20(27)19(26)13-17)14-22(34-24)35-9-11-36(12-10-35)23-18(25(28,29)30)3-2-6-32-23/h2-6,13-14,16,31H,7-12,15H2,1H3. The van der Waals surface area contributed by atoms with Gasteiger partial charge < -0.3 is 20.0 Å².